The second-order valence-electron chi connectivity index (χ2n) is 6.40. The number of aryl methyl sites for hydroxylation is 1. The van der Waals surface area contributed by atoms with Gasteiger partial charge in [0.2, 0.25) is 5.91 Å². The van der Waals surface area contributed by atoms with Crippen molar-refractivity contribution < 1.29 is 4.79 Å². The van der Waals surface area contributed by atoms with Gasteiger partial charge in [0.05, 0.1) is 12.1 Å². The summed E-state index contributed by atoms with van der Waals surface area (Å²) in [7, 11) is 0. The standard InChI is InChI=1S/C16H25N3OS.2ClH/c1-3-12(16-17-10(2)9-21-16)19-15(20)14-8-11-6-4-5-7-13(11)18-14;;/h9,11-14,18H,3-8H2,1-2H3,(H,19,20);2*1H. The number of amides is 1. The zero-order valence-corrected chi connectivity index (χ0v) is 16.2. The minimum Gasteiger partial charge on any atom is -0.346 e. The van der Waals surface area contributed by atoms with Crippen LogP contribution in [0.2, 0.25) is 0 Å². The highest BCUT2D eigenvalue weighted by atomic mass is 35.5. The van der Waals surface area contributed by atoms with Crippen molar-refractivity contribution in [2.75, 3.05) is 0 Å². The Hall–Kier alpha value is -0.360. The Balaban J connectivity index is 0.00000132. The van der Waals surface area contributed by atoms with Gasteiger partial charge in [0, 0.05) is 17.1 Å². The number of carbonyl (C=O) groups excluding carboxylic acids is 1. The lowest BCUT2D eigenvalue weighted by atomic mass is 9.85. The molecule has 3 rings (SSSR count). The summed E-state index contributed by atoms with van der Waals surface area (Å²) in [5.74, 6) is 0.862. The highest BCUT2D eigenvalue weighted by Gasteiger charge is 2.38. The molecule has 0 spiro atoms. The molecule has 2 aliphatic rings. The summed E-state index contributed by atoms with van der Waals surface area (Å²) in [5.41, 5.74) is 1.03. The van der Waals surface area contributed by atoms with Gasteiger partial charge < -0.3 is 10.6 Å². The fourth-order valence-electron chi connectivity index (χ4n) is 3.66. The van der Waals surface area contributed by atoms with Gasteiger partial charge in [-0.25, -0.2) is 4.98 Å². The Kier molecular flexibility index (Phi) is 8.28. The van der Waals surface area contributed by atoms with Crippen molar-refractivity contribution in [1.29, 1.82) is 0 Å². The molecular formula is C16H27Cl2N3OS. The smallest absolute Gasteiger partial charge is 0.237 e. The van der Waals surface area contributed by atoms with Crippen molar-refractivity contribution in [3.05, 3.63) is 16.1 Å². The van der Waals surface area contributed by atoms with Gasteiger partial charge in [-0.2, -0.15) is 0 Å². The lowest BCUT2D eigenvalue weighted by Crippen LogP contribution is -2.44. The van der Waals surface area contributed by atoms with Crippen LogP contribution in [0, 0.1) is 12.8 Å². The Bertz CT molecular complexity index is 497. The van der Waals surface area contributed by atoms with Crippen LogP contribution in [-0.4, -0.2) is 23.0 Å². The average molecular weight is 380 g/mol. The van der Waals surface area contributed by atoms with Gasteiger partial charge in [0.15, 0.2) is 0 Å². The predicted octanol–water partition coefficient (Wildman–Crippen LogP) is 3.78. The van der Waals surface area contributed by atoms with Gasteiger partial charge >= 0.3 is 0 Å². The topological polar surface area (TPSA) is 54.0 Å². The Morgan fingerprint density at radius 2 is 2.17 bits per heavy atom. The summed E-state index contributed by atoms with van der Waals surface area (Å²) < 4.78 is 0. The maximum atomic E-state index is 12.5. The van der Waals surface area contributed by atoms with Crippen LogP contribution in [0.15, 0.2) is 5.38 Å². The van der Waals surface area contributed by atoms with Gasteiger partial charge in [-0.15, -0.1) is 36.2 Å². The minimum atomic E-state index is -0.00629. The first-order chi connectivity index (χ1) is 10.2. The molecule has 1 saturated carbocycles. The molecule has 2 N–H and O–H groups in total. The number of rotatable bonds is 4. The van der Waals surface area contributed by atoms with Gasteiger partial charge in [-0.1, -0.05) is 19.8 Å². The van der Waals surface area contributed by atoms with Gasteiger partial charge in [0.25, 0.3) is 0 Å². The van der Waals surface area contributed by atoms with Crippen LogP contribution in [0.3, 0.4) is 0 Å². The third-order valence-corrected chi connectivity index (χ3v) is 5.92. The van der Waals surface area contributed by atoms with Crippen LogP contribution in [0.1, 0.15) is 62.2 Å². The van der Waals surface area contributed by atoms with E-state index >= 15 is 0 Å². The number of hydrogen-bond acceptors (Lipinski definition) is 4. The molecule has 1 aromatic heterocycles. The van der Waals surface area contributed by atoms with E-state index in [4.69, 9.17) is 0 Å². The first-order valence-electron chi connectivity index (χ1n) is 8.15. The van der Waals surface area contributed by atoms with Crippen molar-refractivity contribution in [3.63, 3.8) is 0 Å². The van der Waals surface area contributed by atoms with Gasteiger partial charge in [-0.3, -0.25) is 4.79 Å². The summed E-state index contributed by atoms with van der Waals surface area (Å²) in [6.45, 7) is 4.10. The molecule has 4 nitrogen and oxygen atoms in total. The first kappa shape index (κ1) is 20.7. The largest absolute Gasteiger partial charge is 0.346 e. The van der Waals surface area contributed by atoms with E-state index in [0.717, 1.165) is 23.5 Å². The molecular weight excluding hydrogens is 353 g/mol. The number of halogens is 2. The molecule has 0 bridgehead atoms. The molecule has 132 valence electrons. The normalized spacial score (nSPS) is 27.3. The van der Waals surface area contributed by atoms with Crippen molar-refractivity contribution in [2.45, 2.75) is 70.5 Å². The van der Waals surface area contributed by atoms with E-state index in [1.165, 1.54) is 25.7 Å². The SMILES string of the molecule is CCC(NC(=O)C1CC2CCCCC2N1)c1nc(C)cs1.Cl.Cl. The zero-order chi connectivity index (χ0) is 14.8. The summed E-state index contributed by atoms with van der Waals surface area (Å²) in [6, 6.07) is 0.616. The molecule has 2 fully saturated rings. The number of nitrogens with zero attached hydrogens (tertiary/aromatic N) is 1. The Labute approximate surface area is 155 Å². The molecule has 1 saturated heterocycles. The molecule has 0 radical (unpaired) electrons. The first-order valence-corrected chi connectivity index (χ1v) is 9.03. The number of aromatic nitrogens is 1. The zero-order valence-electron chi connectivity index (χ0n) is 13.7. The van der Waals surface area contributed by atoms with Crippen LogP contribution < -0.4 is 10.6 Å². The number of nitrogens with one attached hydrogen (secondary N) is 2. The fourth-order valence-corrected chi connectivity index (χ4v) is 4.59. The molecule has 23 heavy (non-hydrogen) atoms. The third kappa shape index (κ3) is 4.81. The molecule has 2 heterocycles. The van der Waals surface area contributed by atoms with Crippen molar-refractivity contribution in [2.24, 2.45) is 5.92 Å². The lowest BCUT2D eigenvalue weighted by molar-refractivity contribution is -0.123. The van der Waals surface area contributed by atoms with E-state index in [2.05, 4.69) is 22.5 Å². The molecule has 7 heteroatoms. The molecule has 0 aromatic carbocycles. The van der Waals surface area contributed by atoms with Crippen molar-refractivity contribution >= 4 is 42.1 Å². The fraction of sp³-hybridized carbons (Fsp3) is 0.750. The highest BCUT2D eigenvalue weighted by molar-refractivity contribution is 7.09. The van der Waals surface area contributed by atoms with Gasteiger partial charge in [-0.05, 0) is 38.5 Å². The lowest BCUT2D eigenvalue weighted by Gasteiger charge is -2.24. The second kappa shape index (κ2) is 9.21. The predicted molar refractivity (Wildman–Crippen MR) is 99.8 cm³/mol. The van der Waals surface area contributed by atoms with E-state index in [1.807, 2.05) is 12.3 Å². The molecule has 1 aliphatic carbocycles. The van der Waals surface area contributed by atoms with E-state index in [1.54, 1.807) is 11.3 Å². The molecule has 4 unspecified atom stereocenters. The van der Waals surface area contributed by atoms with Crippen LogP contribution in [0.25, 0.3) is 0 Å². The maximum absolute atomic E-state index is 12.5. The average Bonchev–Trinajstić information content (AvgIpc) is 3.10. The monoisotopic (exact) mass is 379 g/mol. The van der Waals surface area contributed by atoms with Crippen LogP contribution in [0.4, 0.5) is 0 Å². The third-order valence-electron chi connectivity index (χ3n) is 4.84. The molecule has 1 aliphatic heterocycles. The van der Waals surface area contributed by atoms with E-state index in [0.29, 0.717) is 12.0 Å². The maximum Gasteiger partial charge on any atom is 0.237 e. The van der Waals surface area contributed by atoms with Crippen molar-refractivity contribution in [3.8, 4) is 0 Å². The molecule has 1 aromatic rings. The number of thiazole rings is 1. The van der Waals surface area contributed by atoms with Crippen LogP contribution in [-0.2, 0) is 4.79 Å². The number of hydrogen-bond donors (Lipinski definition) is 2. The summed E-state index contributed by atoms with van der Waals surface area (Å²) in [5, 5.41) is 9.82. The van der Waals surface area contributed by atoms with E-state index < -0.39 is 0 Å². The van der Waals surface area contributed by atoms with Crippen LogP contribution in [0.5, 0.6) is 0 Å². The number of fused-ring (bicyclic) bond motifs is 1. The summed E-state index contributed by atoms with van der Waals surface area (Å²) in [4.78, 5) is 17.1. The molecule has 1 amide bonds. The van der Waals surface area contributed by atoms with E-state index in [9.17, 15) is 4.79 Å². The second-order valence-corrected chi connectivity index (χ2v) is 7.29. The summed E-state index contributed by atoms with van der Waals surface area (Å²) in [6.07, 6.45) is 7.04. The Morgan fingerprint density at radius 1 is 1.43 bits per heavy atom. The number of carbonyl (C=O) groups is 1. The Morgan fingerprint density at radius 3 is 2.78 bits per heavy atom. The minimum absolute atomic E-state index is 0. The van der Waals surface area contributed by atoms with Crippen molar-refractivity contribution in [1.82, 2.24) is 15.6 Å². The van der Waals surface area contributed by atoms with Gasteiger partial charge in [0.1, 0.15) is 5.01 Å². The highest BCUT2D eigenvalue weighted by Crippen LogP contribution is 2.33. The van der Waals surface area contributed by atoms with E-state index in [-0.39, 0.29) is 42.8 Å². The molecule has 4 atom stereocenters. The van der Waals surface area contributed by atoms with Crippen LogP contribution >= 0.6 is 36.2 Å². The quantitative estimate of drug-likeness (QED) is 0.836. The summed E-state index contributed by atoms with van der Waals surface area (Å²) >= 11 is 1.64.